The molecule has 68 heavy (non-hydrogen) atoms. The first-order valence-electron chi connectivity index (χ1n) is 26.4. The Balaban J connectivity index is 1.22. The van der Waals surface area contributed by atoms with Crippen molar-refractivity contribution < 1.29 is 0 Å². The van der Waals surface area contributed by atoms with Crippen molar-refractivity contribution in [2.45, 2.75) is 206 Å². The number of hydrogen-bond acceptors (Lipinski definition) is 3. The number of fused-ring (bicyclic) bond motifs is 13. The first-order chi connectivity index (χ1) is 31.5. The highest BCUT2D eigenvalue weighted by Crippen LogP contribution is 2.62. The molecule has 4 heteroatoms. The van der Waals surface area contributed by atoms with Crippen molar-refractivity contribution in [3.05, 3.63) is 123 Å². The molecule has 6 aliphatic rings. The summed E-state index contributed by atoms with van der Waals surface area (Å²) in [6.45, 7) is 41.9. The van der Waals surface area contributed by atoms with Gasteiger partial charge in [-0.15, -0.1) is 11.3 Å². The van der Waals surface area contributed by atoms with Crippen LogP contribution in [0, 0.1) is 6.92 Å². The van der Waals surface area contributed by atoms with Crippen LogP contribution in [0.4, 0.5) is 34.1 Å². The number of benzene rings is 5. The van der Waals surface area contributed by atoms with Gasteiger partial charge in [0, 0.05) is 43.3 Å². The Hall–Kier alpha value is -4.28. The second-order valence-electron chi connectivity index (χ2n) is 28.3. The summed E-state index contributed by atoms with van der Waals surface area (Å²) < 4.78 is 2.96. The topological polar surface area (TPSA) is 6.48 Å². The molecule has 0 N–H and O–H groups in total. The largest absolute Gasteiger partial charge is 0.311 e. The fraction of sp³-hybridized carbons (Fsp3) is 0.500. The molecular formula is C64H77BN2S. The third-order valence-electron chi connectivity index (χ3n) is 19.2. The monoisotopic (exact) mass is 917 g/mol. The lowest BCUT2D eigenvalue weighted by Crippen LogP contribution is -2.61. The summed E-state index contributed by atoms with van der Waals surface area (Å²) in [6.07, 6.45) is 8.65. The zero-order valence-corrected chi connectivity index (χ0v) is 45.6. The lowest BCUT2D eigenvalue weighted by Gasteiger charge is -2.47. The Morgan fingerprint density at radius 2 is 1.00 bits per heavy atom. The summed E-state index contributed by atoms with van der Waals surface area (Å²) in [5.41, 5.74) is 25.3. The summed E-state index contributed by atoms with van der Waals surface area (Å²) >= 11 is 2.11. The van der Waals surface area contributed by atoms with Crippen LogP contribution in [0.3, 0.4) is 0 Å². The van der Waals surface area contributed by atoms with E-state index in [4.69, 9.17) is 0 Å². The molecule has 3 heterocycles. The minimum atomic E-state index is -0.0173. The Morgan fingerprint density at radius 3 is 1.57 bits per heavy atom. The summed E-state index contributed by atoms with van der Waals surface area (Å²) in [7, 11) is 0. The van der Waals surface area contributed by atoms with E-state index in [9.17, 15) is 0 Å². The minimum absolute atomic E-state index is 0.0173. The highest BCUT2D eigenvalue weighted by Gasteiger charge is 2.54. The van der Waals surface area contributed by atoms with Crippen LogP contribution in [0.5, 0.6) is 0 Å². The van der Waals surface area contributed by atoms with Gasteiger partial charge in [-0.2, -0.15) is 0 Å². The Kier molecular flexibility index (Phi) is 8.96. The van der Waals surface area contributed by atoms with Crippen LogP contribution in [-0.2, 0) is 43.3 Å². The maximum absolute atomic E-state index is 2.78. The molecule has 2 aliphatic heterocycles. The molecule has 2 nitrogen and oxygen atoms in total. The van der Waals surface area contributed by atoms with Crippen molar-refractivity contribution in [1.82, 2.24) is 0 Å². The number of anilines is 6. The van der Waals surface area contributed by atoms with Gasteiger partial charge < -0.3 is 9.80 Å². The standard InChI is InChI=1S/C64H77BN2S/c1-37-26-51-54-52(27-37)67(40-18-19-43-44(31-40)60(10,11)21-20-59(43,8)9)55-42-32-47-48(64(17)25-24-63(47,16)36-64)35-53(42)68-56(55)65(54)49-33-45-46(62(14,15)23-22-61(45,12)13)34-50(49)66(51)41-29-38(57(2,3)4)28-39(30-41)58(5,6)7/h18-19,26-35H,20-25,36H2,1-17H3. The lowest BCUT2D eigenvalue weighted by atomic mass is 9.35. The summed E-state index contributed by atoms with van der Waals surface area (Å²) in [5.74, 6) is 0. The molecule has 0 amide bonds. The average Bonchev–Trinajstić information content (AvgIpc) is 3.86. The van der Waals surface area contributed by atoms with E-state index >= 15 is 0 Å². The predicted molar refractivity (Wildman–Crippen MR) is 297 cm³/mol. The molecule has 0 saturated heterocycles. The van der Waals surface area contributed by atoms with Gasteiger partial charge in [0.05, 0.1) is 5.69 Å². The third-order valence-corrected chi connectivity index (χ3v) is 20.4. The van der Waals surface area contributed by atoms with Crippen LogP contribution in [0.15, 0.2) is 72.8 Å². The van der Waals surface area contributed by atoms with Crippen molar-refractivity contribution in [2.75, 3.05) is 9.80 Å². The van der Waals surface area contributed by atoms with Gasteiger partial charge in [-0.3, -0.25) is 0 Å². The fourth-order valence-corrected chi connectivity index (χ4v) is 16.0. The number of nitrogens with zero attached hydrogens (tertiary/aromatic N) is 2. The van der Waals surface area contributed by atoms with E-state index in [1.54, 1.807) is 16.7 Å². The van der Waals surface area contributed by atoms with Gasteiger partial charge in [0.2, 0.25) is 0 Å². The van der Waals surface area contributed by atoms with Crippen LogP contribution in [0.25, 0.3) is 10.1 Å². The van der Waals surface area contributed by atoms with Crippen molar-refractivity contribution in [1.29, 1.82) is 0 Å². The van der Waals surface area contributed by atoms with E-state index in [2.05, 4.69) is 212 Å². The fourth-order valence-electron chi connectivity index (χ4n) is 14.6. The molecule has 0 spiro atoms. The van der Waals surface area contributed by atoms with Gasteiger partial charge in [-0.25, -0.2) is 0 Å². The summed E-state index contributed by atoms with van der Waals surface area (Å²) in [5, 5.41) is 1.45. The lowest BCUT2D eigenvalue weighted by molar-refractivity contribution is 0.332. The van der Waals surface area contributed by atoms with Gasteiger partial charge in [0.25, 0.3) is 6.71 Å². The summed E-state index contributed by atoms with van der Waals surface area (Å²) in [6, 6.07) is 31.2. The molecule has 12 rings (SSSR count). The van der Waals surface area contributed by atoms with Crippen molar-refractivity contribution >= 4 is 78.0 Å². The number of rotatable bonds is 2. The molecule has 1 fully saturated rings. The number of hydrogen-bond donors (Lipinski definition) is 0. The highest BCUT2D eigenvalue weighted by molar-refractivity contribution is 7.33. The zero-order valence-electron chi connectivity index (χ0n) is 44.8. The minimum Gasteiger partial charge on any atom is -0.311 e. The second kappa shape index (κ2) is 13.6. The van der Waals surface area contributed by atoms with Crippen LogP contribution >= 0.6 is 11.3 Å². The van der Waals surface area contributed by atoms with E-state index < -0.39 is 0 Å². The van der Waals surface area contributed by atoms with Gasteiger partial charge >= 0.3 is 0 Å². The van der Waals surface area contributed by atoms with E-state index in [0.717, 1.165) is 0 Å². The van der Waals surface area contributed by atoms with Gasteiger partial charge in [0.1, 0.15) is 0 Å². The molecule has 4 aliphatic carbocycles. The Morgan fingerprint density at radius 1 is 0.485 bits per heavy atom. The molecule has 6 aromatic rings. The van der Waals surface area contributed by atoms with Crippen LogP contribution in [0.1, 0.15) is 206 Å². The Labute approximate surface area is 414 Å². The quantitative estimate of drug-likeness (QED) is 0.159. The third kappa shape index (κ3) is 6.19. The molecule has 0 radical (unpaired) electrons. The predicted octanol–water partition coefficient (Wildman–Crippen LogP) is 16.3. The normalized spacial score (nSPS) is 24.3. The number of aryl methyl sites for hydroxylation is 1. The molecule has 1 aromatic heterocycles. The van der Waals surface area contributed by atoms with Crippen LogP contribution < -0.4 is 25.5 Å². The van der Waals surface area contributed by atoms with E-state index in [1.165, 1.54) is 138 Å². The van der Waals surface area contributed by atoms with Crippen molar-refractivity contribution in [3.8, 4) is 0 Å². The SMILES string of the molecule is Cc1cc2c3c(c1)N(c1ccc4c(c1)C(C)(C)CCC4(C)C)c1c(sc4cc5c(cc14)C1(C)CCC5(C)C1)B3c1cc3c(cc1N2c1cc(C(C)(C)C)cc(C(C)(C)C)c1)C(C)(C)CCC3(C)C. The van der Waals surface area contributed by atoms with Gasteiger partial charge in [-0.05, 0) is 211 Å². The zero-order chi connectivity index (χ0) is 48.4. The second-order valence-corrected chi connectivity index (χ2v) is 29.4. The smallest absolute Gasteiger partial charge is 0.264 e. The van der Waals surface area contributed by atoms with Crippen molar-refractivity contribution in [3.63, 3.8) is 0 Å². The maximum Gasteiger partial charge on any atom is 0.264 e. The van der Waals surface area contributed by atoms with Gasteiger partial charge in [-0.1, -0.05) is 129 Å². The van der Waals surface area contributed by atoms with Crippen LogP contribution in [-0.4, -0.2) is 6.71 Å². The molecule has 352 valence electrons. The first kappa shape index (κ1) is 44.9. The maximum atomic E-state index is 2.78. The number of thiophene rings is 1. The molecule has 2 atom stereocenters. The molecule has 5 aromatic carbocycles. The molecule has 1 saturated carbocycles. The summed E-state index contributed by atoms with van der Waals surface area (Å²) in [4.78, 5) is 5.52. The molecule has 2 unspecified atom stereocenters. The Bertz CT molecular complexity index is 3160. The van der Waals surface area contributed by atoms with Crippen LogP contribution in [0.2, 0.25) is 0 Å². The van der Waals surface area contributed by atoms with E-state index in [-0.39, 0.29) is 50.0 Å². The van der Waals surface area contributed by atoms with E-state index in [1.807, 2.05) is 0 Å². The van der Waals surface area contributed by atoms with E-state index in [0.29, 0.717) is 0 Å². The highest BCUT2D eigenvalue weighted by atomic mass is 32.1. The van der Waals surface area contributed by atoms with Crippen molar-refractivity contribution in [2.24, 2.45) is 0 Å². The first-order valence-corrected chi connectivity index (χ1v) is 27.2. The van der Waals surface area contributed by atoms with Gasteiger partial charge in [0.15, 0.2) is 0 Å². The molecular weight excluding hydrogens is 840 g/mol. The molecule has 2 bridgehead atoms. The average molecular weight is 917 g/mol.